The summed E-state index contributed by atoms with van der Waals surface area (Å²) < 4.78 is 35.3. The van der Waals surface area contributed by atoms with E-state index < -0.39 is 17.7 Å². The highest BCUT2D eigenvalue weighted by Crippen LogP contribution is 2.39. The lowest BCUT2D eigenvalue weighted by molar-refractivity contribution is -0.120. The van der Waals surface area contributed by atoms with Gasteiger partial charge in [-0.05, 0) is 72.4 Å². The van der Waals surface area contributed by atoms with Crippen molar-refractivity contribution >= 4 is 33.2 Å². The molecule has 1 saturated heterocycles. The summed E-state index contributed by atoms with van der Waals surface area (Å²) in [4.78, 5) is 19.2. The number of hydrogen-bond donors (Lipinski definition) is 0. The molecular formula is C23H19BrF2N4O2. The summed E-state index contributed by atoms with van der Waals surface area (Å²) in [5, 5.41) is 4.02. The molecule has 0 saturated carbocycles. The number of anilines is 1. The van der Waals surface area contributed by atoms with Crippen LogP contribution in [-0.2, 0) is 4.79 Å². The monoisotopic (exact) mass is 500 g/mol. The highest BCUT2D eigenvalue weighted by Gasteiger charge is 2.34. The number of fused-ring (bicyclic) bond motifs is 1. The number of carbonyl (C=O) groups excluding carboxylic acids is 1. The number of carbonyl (C=O) groups is 1. The van der Waals surface area contributed by atoms with Crippen molar-refractivity contribution in [2.45, 2.75) is 39.2 Å². The molecule has 0 spiro atoms. The van der Waals surface area contributed by atoms with Crippen molar-refractivity contribution in [2.24, 2.45) is 0 Å². The summed E-state index contributed by atoms with van der Waals surface area (Å²) >= 11 is 3.63. The van der Waals surface area contributed by atoms with Gasteiger partial charge in [0.25, 0.3) is 0 Å². The first-order valence-electron chi connectivity index (χ1n) is 10.2. The van der Waals surface area contributed by atoms with Gasteiger partial charge in [-0.3, -0.25) is 9.20 Å². The first kappa shape index (κ1) is 20.8. The van der Waals surface area contributed by atoms with Gasteiger partial charge in [0.05, 0.1) is 17.4 Å². The molecule has 6 nitrogen and oxygen atoms in total. The molecule has 0 radical (unpaired) electrons. The van der Waals surface area contributed by atoms with Crippen molar-refractivity contribution in [1.29, 1.82) is 0 Å². The van der Waals surface area contributed by atoms with Gasteiger partial charge in [-0.2, -0.15) is 0 Å². The highest BCUT2D eigenvalue weighted by atomic mass is 79.9. The Morgan fingerprint density at radius 1 is 1.16 bits per heavy atom. The maximum Gasteiger partial charge on any atom is 0.227 e. The average molecular weight is 501 g/mol. The average Bonchev–Trinajstić information content (AvgIpc) is 3.28. The maximum absolute atomic E-state index is 13.9. The Kier molecular flexibility index (Phi) is 5.08. The first-order valence-corrected chi connectivity index (χ1v) is 11.0. The third kappa shape index (κ3) is 3.31. The van der Waals surface area contributed by atoms with E-state index in [9.17, 15) is 13.6 Å². The molecule has 1 atom stereocenters. The van der Waals surface area contributed by atoms with Gasteiger partial charge in [0.1, 0.15) is 16.0 Å². The summed E-state index contributed by atoms with van der Waals surface area (Å²) in [7, 11) is 0. The minimum atomic E-state index is -0.988. The molecule has 0 unspecified atom stereocenters. The molecule has 1 aliphatic rings. The van der Waals surface area contributed by atoms with E-state index in [2.05, 4.69) is 21.1 Å². The summed E-state index contributed by atoms with van der Waals surface area (Å²) in [6.45, 7) is 3.75. The lowest BCUT2D eigenvalue weighted by Gasteiger charge is -2.35. The molecule has 3 aromatic heterocycles. The van der Waals surface area contributed by atoms with Crippen LogP contribution in [0.25, 0.3) is 16.8 Å². The summed E-state index contributed by atoms with van der Waals surface area (Å²) in [5.74, 6) is -1.36. The van der Waals surface area contributed by atoms with Crippen LogP contribution >= 0.6 is 15.9 Å². The molecule has 164 valence electrons. The number of hydrogen-bond acceptors (Lipinski definition) is 4. The SMILES string of the molecule is Cc1noc(C)c1-c1ccn2c(Br)c([C@@H]3CCCC(=O)N3c3ccc(F)c(F)c3)nc2c1. The summed E-state index contributed by atoms with van der Waals surface area (Å²) in [5.41, 5.74) is 4.31. The number of imidazole rings is 1. The van der Waals surface area contributed by atoms with E-state index in [1.165, 1.54) is 11.0 Å². The zero-order valence-electron chi connectivity index (χ0n) is 17.4. The number of amides is 1. The van der Waals surface area contributed by atoms with Crippen molar-refractivity contribution < 1.29 is 18.1 Å². The number of benzene rings is 1. The number of aryl methyl sites for hydroxylation is 2. The first-order chi connectivity index (χ1) is 15.3. The van der Waals surface area contributed by atoms with E-state index in [1.807, 2.05) is 36.6 Å². The molecule has 0 aliphatic carbocycles. The Morgan fingerprint density at radius 3 is 2.69 bits per heavy atom. The Balaban J connectivity index is 1.61. The zero-order valence-corrected chi connectivity index (χ0v) is 19.0. The summed E-state index contributed by atoms with van der Waals surface area (Å²) in [6.07, 6.45) is 3.58. The second-order valence-electron chi connectivity index (χ2n) is 7.90. The van der Waals surface area contributed by atoms with Gasteiger partial charge in [0.15, 0.2) is 11.6 Å². The normalized spacial score (nSPS) is 16.8. The molecule has 0 N–H and O–H groups in total. The van der Waals surface area contributed by atoms with Crippen LogP contribution in [0.4, 0.5) is 14.5 Å². The van der Waals surface area contributed by atoms with Gasteiger partial charge in [-0.1, -0.05) is 5.16 Å². The predicted molar refractivity (Wildman–Crippen MR) is 118 cm³/mol. The molecule has 4 heterocycles. The van der Waals surface area contributed by atoms with Crippen molar-refractivity contribution in [3.05, 3.63) is 69.9 Å². The van der Waals surface area contributed by atoms with Crippen LogP contribution in [0.1, 0.15) is 42.5 Å². The molecule has 9 heteroatoms. The van der Waals surface area contributed by atoms with Crippen molar-refractivity contribution in [3.63, 3.8) is 0 Å². The Hall–Kier alpha value is -3.07. The molecule has 4 aromatic rings. The van der Waals surface area contributed by atoms with Crippen LogP contribution in [0.15, 0.2) is 45.7 Å². The highest BCUT2D eigenvalue weighted by molar-refractivity contribution is 9.10. The van der Waals surface area contributed by atoms with Crippen LogP contribution in [0.5, 0.6) is 0 Å². The van der Waals surface area contributed by atoms with Gasteiger partial charge in [0, 0.05) is 29.9 Å². The van der Waals surface area contributed by atoms with E-state index in [-0.39, 0.29) is 5.91 Å². The molecule has 1 amide bonds. The molecule has 1 aromatic carbocycles. The molecular weight excluding hydrogens is 482 g/mol. The van der Waals surface area contributed by atoms with Crippen molar-refractivity contribution in [2.75, 3.05) is 4.90 Å². The maximum atomic E-state index is 13.9. The zero-order chi connectivity index (χ0) is 22.6. The van der Waals surface area contributed by atoms with E-state index >= 15 is 0 Å². The third-order valence-electron chi connectivity index (χ3n) is 5.86. The molecule has 5 rings (SSSR count). The van der Waals surface area contributed by atoms with Gasteiger partial charge in [0.2, 0.25) is 5.91 Å². The minimum Gasteiger partial charge on any atom is -0.361 e. The van der Waals surface area contributed by atoms with Crippen LogP contribution in [0.3, 0.4) is 0 Å². The largest absolute Gasteiger partial charge is 0.361 e. The molecule has 1 aliphatic heterocycles. The van der Waals surface area contributed by atoms with Crippen molar-refractivity contribution in [1.82, 2.24) is 14.5 Å². The predicted octanol–water partition coefficient (Wildman–Crippen LogP) is 5.91. The van der Waals surface area contributed by atoms with E-state index in [1.54, 1.807) is 0 Å². The number of piperidine rings is 1. The van der Waals surface area contributed by atoms with Gasteiger partial charge in [-0.25, -0.2) is 13.8 Å². The van der Waals surface area contributed by atoms with Crippen molar-refractivity contribution in [3.8, 4) is 11.1 Å². The molecule has 32 heavy (non-hydrogen) atoms. The van der Waals surface area contributed by atoms with Crippen LogP contribution in [0.2, 0.25) is 0 Å². The second-order valence-corrected chi connectivity index (χ2v) is 8.65. The topological polar surface area (TPSA) is 63.6 Å². The van der Waals surface area contributed by atoms with Crippen LogP contribution in [-0.4, -0.2) is 20.4 Å². The fourth-order valence-electron chi connectivity index (χ4n) is 4.38. The lowest BCUT2D eigenvalue weighted by Crippen LogP contribution is -2.38. The number of nitrogens with zero attached hydrogens (tertiary/aromatic N) is 4. The van der Waals surface area contributed by atoms with E-state index in [0.29, 0.717) is 40.9 Å². The van der Waals surface area contributed by atoms with Gasteiger partial charge in [-0.15, -0.1) is 0 Å². The third-order valence-corrected chi connectivity index (χ3v) is 6.65. The molecule has 0 bridgehead atoms. The number of pyridine rings is 1. The minimum absolute atomic E-state index is 0.146. The molecule has 1 fully saturated rings. The van der Waals surface area contributed by atoms with E-state index in [0.717, 1.165) is 34.7 Å². The lowest BCUT2D eigenvalue weighted by atomic mass is 9.98. The van der Waals surface area contributed by atoms with E-state index in [4.69, 9.17) is 9.51 Å². The fourth-order valence-corrected chi connectivity index (χ4v) is 5.04. The van der Waals surface area contributed by atoms with Gasteiger partial charge >= 0.3 is 0 Å². The van der Waals surface area contributed by atoms with Crippen LogP contribution in [0, 0.1) is 25.5 Å². The summed E-state index contributed by atoms with van der Waals surface area (Å²) in [6, 6.07) is 7.01. The standard InChI is InChI=1S/C23H19BrF2N4O2/c1-12-21(13(2)32-28-12)14-8-9-29-19(10-14)27-22(23(29)24)18-4-3-5-20(31)30(18)15-6-7-16(25)17(26)11-15/h6-11,18H,3-5H2,1-2H3/t18-/m0/s1. The second kappa shape index (κ2) is 7.81. The number of aromatic nitrogens is 3. The Bertz CT molecular complexity index is 1340. The Morgan fingerprint density at radius 2 is 1.97 bits per heavy atom. The number of rotatable bonds is 3. The van der Waals surface area contributed by atoms with Crippen LogP contribution < -0.4 is 4.90 Å². The van der Waals surface area contributed by atoms with Gasteiger partial charge < -0.3 is 9.42 Å². The smallest absolute Gasteiger partial charge is 0.227 e. The fraction of sp³-hybridized carbons (Fsp3) is 0.261. The Labute approximate surface area is 191 Å². The number of halogens is 3. The quantitative estimate of drug-likeness (QED) is 0.351.